The summed E-state index contributed by atoms with van der Waals surface area (Å²) in [6.45, 7) is -1.44. The highest BCUT2D eigenvalue weighted by Gasteiger charge is 2.51. The Morgan fingerprint density at radius 3 is 2.75 bits per heavy atom. The van der Waals surface area contributed by atoms with Crippen LogP contribution in [0.1, 0.15) is 5.56 Å². The lowest BCUT2D eigenvalue weighted by Gasteiger charge is -2.27. The normalized spacial score (nSPS) is 22.8. The summed E-state index contributed by atoms with van der Waals surface area (Å²) in [5.41, 5.74) is -2.06. The third-order valence-corrected chi connectivity index (χ3v) is 6.70. The van der Waals surface area contributed by atoms with Crippen LogP contribution in [0, 0.1) is 20.7 Å². The quantitative estimate of drug-likeness (QED) is 0.562. The maximum absolute atomic E-state index is 13.8. The number of halogens is 2. The average Bonchev–Trinajstić information content (AvgIpc) is 3.00. The second-order valence-electron chi connectivity index (χ2n) is 6.23. The molecule has 0 radical (unpaired) electrons. The van der Waals surface area contributed by atoms with E-state index in [2.05, 4.69) is 4.98 Å². The molecule has 0 amide bonds. The lowest BCUT2D eigenvalue weighted by Crippen LogP contribution is -2.48. The molecule has 1 saturated heterocycles. The van der Waals surface area contributed by atoms with Gasteiger partial charge in [0.2, 0.25) is 0 Å². The molecule has 0 spiro atoms. The topological polar surface area (TPSA) is 124 Å². The molecule has 1 aromatic heterocycles. The molecule has 28 heavy (non-hydrogen) atoms. The Hall–Kier alpha value is -1.85. The molecule has 2 heterocycles. The number of hydrogen-bond acceptors (Lipinski definition) is 7. The first-order valence-electron chi connectivity index (χ1n) is 8.01. The first-order valence-corrected chi connectivity index (χ1v) is 10.5. The van der Waals surface area contributed by atoms with E-state index in [0.29, 0.717) is 0 Å². The molecule has 2 atom stereocenters. The molecule has 11 heteroatoms. The summed E-state index contributed by atoms with van der Waals surface area (Å²) in [6.07, 6.45) is 0.249. The molecule has 0 aliphatic carbocycles. The molecule has 1 unspecified atom stereocenters. The van der Waals surface area contributed by atoms with E-state index < -0.39 is 40.7 Å². The monoisotopic (exact) mass is 519 g/mol. The van der Waals surface area contributed by atoms with Crippen molar-refractivity contribution in [3.8, 4) is 11.8 Å². The Balaban J connectivity index is 1.86. The van der Waals surface area contributed by atoms with Crippen LogP contribution in [0.4, 0.5) is 4.39 Å². The minimum absolute atomic E-state index is 0.0000118. The summed E-state index contributed by atoms with van der Waals surface area (Å²) >= 11 is 1.99. The van der Waals surface area contributed by atoms with Gasteiger partial charge in [-0.05, 0) is 46.9 Å². The van der Waals surface area contributed by atoms with Crippen molar-refractivity contribution in [2.24, 2.45) is 0 Å². The first kappa shape index (κ1) is 20.9. The summed E-state index contributed by atoms with van der Waals surface area (Å²) in [5, 5.41) is 28.9. The molecular formula is C17H15FIN3O5S. The molecule has 148 valence electrons. The Kier molecular flexibility index (Phi) is 5.87. The minimum atomic E-state index is -4.03. The number of aliphatic hydroxyl groups excluding tert-OH is 1. The highest BCUT2D eigenvalue weighted by atomic mass is 127. The zero-order chi connectivity index (χ0) is 20.5. The van der Waals surface area contributed by atoms with Gasteiger partial charge in [-0.2, -0.15) is 9.57 Å². The van der Waals surface area contributed by atoms with Gasteiger partial charge in [0.05, 0.1) is 18.7 Å². The van der Waals surface area contributed by atoms with E-state index in [9.17, 15) is 23.0 Å². The number of sulfonamides is 1. The molecule has 0 saturated carbocycles. The second kappa shape index (κ2) is 7.88. The first-order chi connectivity index (χ1) is 13.2. The number of aromatic nitrogens is 1. The van der Waals surface area contributed by atoms with E-state index in [1.807, 2.05) is 22.6 Å². The van der Waals surface area contributed by atoms with Crippen LogP contribution < -0.4 is 4.74 Å². The number of β-amino-alcohol motifs (C(OH)–C–C–N with tert-alkyl or cyclic N) is 1. The molecule has 1 fully saturated rings. The van der Waals surface area contributed by atoms with Gasteiger partial charge in [0.15, 0.2) is 5.03 Å². The third-order valence-electron chi connectivity index (χ3n) is 4.34. The summed E-state index contributed by atoms with van der Waals surface area (Å²) < 4.78 is 46.7. The van der Waals surface area contributed by atoms with Crippen molar-refractivity contribution < 1.29 is 27.8 Å². The number of benzene rings is 1. The molecule has 8 nitrogen and oxygen atoms in total. The predicted molar refractivity (Wildman–Crippen MR) is 103 cm³/mol. The molecule has 1 aliphatic rings. The average molecular weight is 519 g/mol. The lowest BCUT2D eigenvalue weighted by molar-refractivity contribution is -0.0641. The highest BCUT2D eigenvalue weighted by molar-refractivity contribution is 14.1. The van der Waals surface area contributed by atoms with Crippen LogP contribution >= 0.6 is 22.6 Å². The minimum Gasteiger partial charge on any atom is -0.486 e. The molecule has 1 aromatic carbocycles. The number of nitrogens with zero attached hydrogens (tertiary/aromatic N) is 3. The van der Waals surface area contributed by atoms with Crippen molar-refractivity contribution in [2.75, 3.05) is 19.7 Å². The standard InChI is InChI=1S/C17H15FIN3O5S/c18-14-5-13(3-1-11(14)6-20)27-15-8-22(9-17(15,24)10-23)28(25,26)16-4-2-12(19)7-21-16/h1-5,7,15,23-24H,8-10H2/t15?,17-/m1/s1. The van der Waals surface area contributed by atoms with Gasteiger partial charge in [-0.25, -0.2) is 17.8 Å². The van der Waals surface area contributed by atoms with E-state index in [4.69, 9.17) is 10.00 Å². The van der Waals surface area contributed by atoms with Gasteiger partial charge in [0.25, 0.3) is 10.0 Å². The molecule has 2 N–H and O–H groups in total. The van der Waals surface area contributed by atoms with Gasteiger partial charge in [-0.1, -0.05) is 0 Å². The zero-order valence-corrected chi connectivity index (χ0v) is 17.3. The van der Waals surface area contributed by atoms with Crippen molar-refractivity contribution in [1.29, 1.82) is 5.26 Å². The van der Waals surface area contributed by atoms with Crippen molar-refractivity contribution >= 4 is 32.6 Å². The Morgan fingerprint density at radius 1 is 1.43 bits per heavy atom. The number of aliphatic hydroxyl groups is 2. The highest BCUT2D eigenvalue weighted by Crippen LogP contribution is 2.30. The third kappa shape index (κ3) is 3.96. The molecule has 3 rings (SSSR count). The van der Waals surface area contributed by atoms with Gasteiger partial charge < -0.3 is 14.9 Å². The van der Waals surface area contributed by atoms with Gasteiger partial charge in [-0.15, -0.1) is 0 Å². The number of rotatable bonds is 5. The lowest BCUT2D eigenvalue weighted by atomic mass is 10.0. The smallest absolute Gasteiger partial charge is 0.260 e. The Labute approximate surface area is 174 Å². The van der Waals surface area contributed by atoms with Gasteiger partial charge in [-0.3, -0.25) is 0 Å². The maximum atomic E-state index is 13.8. The zero-order valence-electron chi connectivity index (χ0n) is 14.3. The second-order valence-corrected chi connectivity index (χ2v) is 9.36. The summed E-state index contributed by atoms with van der Waals surface area (Å²) in [7, 11) is -4.03. The Morgan fingerprint density at radius 2 is 2.18 bits per heavy atom. The van der Waals surface area contributed by atoms with E-state index in [1.165, 1.54) is 24.4 Å². The van der Waals surface area contributed by atoms with E-state index in [1.54, 1.807) is 12.1 Å². The largest absolute Gasteiger partial charge is 0.486 e. The SMILES string of the molecule is N#Cc1ccc(OC2CN(S(=O)(=O)c3ccc(I)cn3)C[C@@]2(O)CO)cc1F. The fourth-order valence-electron chi connectivity index (χ4n) is 2.78. The molecule has 1 aliphatic heterocycles. The fourth-order valence-corrected chi connectivity index (χ4v) is 4.51. The van der Waals surface area contributed by atoms with Gasteiger partial charge in [0.1, 0.15) is 29.3 Å². The van der Waals surface area contributed by atoms with E-state index in [0.717, 1.165) is 13.9 Å². The molecular weight excluding hydrogens is 504 g/mol. The van der Waals surface area contributed by atoms with Crippen molar-refractivity contribution in [2.45, 2.75) is 16.7 Å². The predicted octanol–water partition coefficient (Wildman–Crippen LogP) is 0.872. The van der Waals surface area contributed by atoms with Crippen LogP contribution in [0.2, 0.25) is 0 Å². The van der Waals surface area contributed by atoms with Crippen molar-refractivity contribution in [3.63, 3.8) is 0 Å². The molecule has 2 aromatic rings. The van der Waals surface area contributed by atoms with E-state index in [-0.39, 0.29) is 22.9 Å². The van der Waals surface area contributed by atoms with Crippen molar-refractivity contribution in [3.05, 3.63) is 51.5 Å². The van der Waals surface area contributed by atoms with Crippen LogP contribution in [0.5, 0.6) is 5.75 Å². The van der Waals surface area contributed by atoms with Crippen LogP contribution in [0.3, 0.4) is 0 Å². The van der Waals surface area contributed by atoms with Crippen LogP contribution in [0.15, 0.2) is 41.6 Å². The van der Waals surface area contributed by atoms with Gasteiger partial charge >= 0.3 is 0 Å². The van der Waals surface area contributed by atoms with Crippen LogP contribution in [-0.4, -0.2) is 59.3 Å². The van der Waals surface area contributed by atoms with Crippen molar-refractivity contribution in [1.82, 2.24) is 9.29 Å². The Bertz CT molecular complexity index is 1030. The maximum Gasteiger partial charge on any atom is 0.260 e. The summed E-state index contributed by atoms with van der Waals surface area (Å²) in [5.74, 6) is -0.807. The summed E-state index contributed by atoms with van der Waals surface area (Å²) in [6, 6.07) is 8.12. The number of pyridine rings is 1. The number of ether oxygens (including phenoxy) is 1. The number of nitriles is 1. The number of hydrogen-bond donors (Lipinski definition) is 2. The summed E-state index contributed by atoms with van der Waals surface area (Å²) in [4.78, 5) is 3.91. The van der Waals surface area contributed by atoms with Crippen LogP contribution in [0.25, 0.3) is 0 Å². The van der Waals surface area contributed by atoms with E-state index >= 15 is 0 Å². The molecule has 0 bridgehead atoms. The van der Waals surface area contributed by atoms with Gasteiger partial charge in [0, 0.05) is 22.4 Å². The fraction of sp³-hybridized carbons (Fsp3) is 0.294. The van der Waals surface area contributed by atoms with Crippen LogP contribution in [-0.2, 0) is 10.0 Å².